The topological polar surface area (TPSA) is 73.5 Å². The molecule has 19 heavy (non-hydrogen) atoms. The average molecular weight is 270 g/mol. The van der Waals surface area contributed by atoms with Gasteiger partial charge in [-0.2, -0.15) is 0 Å². The normalized spacial score (nSPS) is 20.3. The second-order valence-corrected chi connectivity index (χ2v) is 6.08. The van der Waals surface area contributed by atoms with Crippen molar-refractivity contribution in [3.63, 3.8) is 0 Å². The summed E-state index contributed by atoms with van der Waals surface area (Å²) in [5, 5.41) is 8.22. The maximum Gasteiger partial charge on any atom is 0.321 e. The predicted molar refractivity (Wildman–Crippen MR) is 74.9 cm³/mol. The molecule has 3 amide bonds. The number of hydrogen-bond acceptors (Lipinski definition) is 4. The summed E-state index contributed by atoms with van der Waals surface area (Å²) < 4.78 is 0. The van der Waals surface area contributed by atoms with Gasteiger partial charge in [0.1, 0.15) is 0 Å². The second kappa shape index (κ2) is 6.86. The van der Waals surface area contributed by atoms with Gasteiger partial charge < -0.3 is 10.6 Å². The number of likely N-dealkylation sites (tertiary alicyclic amines) is 1. The van der Waals surface area contributed by atoms with Crippen LogP contribution in [-0.2, 0) is 4.79 Å². The molecule has 3 N–H and O–H groups in total. The van der Waals surface area contributed by atoms with Crippen LogP contribution in [0.5, 0.6) is 0 Å². The largest absolute Gasteiger partial charge is 0.333 e. The van der Waals surface area contributed by atoms with E-state index in [1.807, 2.05) is 27.8 Å². The molecule has 1 rings (SSSR count). The standard InChI is InChI=1S/C13H26N4O2/c1-13(2,3)16-12(19)15-11(18)9-17-7-5-6-10(17)8-14-4/h10,14H,5-9H2,1-4H3,(H2,15,16,18,19). The van der Waals surface area contributed by atoms with Gasteiger partial charge in [0, 0.05) is 18.1 Å². The SMILES string of the molecule is CNCC1CCCN1CC(=O)NC(=O)NC(C)(C)C. The van der Waals surface area contributed by atoms with E-state index in [4.69, 9.17) is 0 Å². The van der Waals surface area contributed by atoms with Crippen LogP contribution in [0.4, 0.5) is 4.79 Å². The Hall–Kier alpha value is -1.14. The van der Waals surface area contributed by atoms with Crippen molar-refractivity contribution in [3.8, 4) is 0 Å². The summed E-state index contributed by atoms with van der Waals surface area (Å²) in [6.07, 6.45) is 2.20. The summed E-state index contributed by atoms with van der Waals surface area (Å²) >= 11 is 0. The van der Waals surface area contributed by atoms with Gasteiger partial charge in [0.15, 0.2) is 0 Å². The van der Waals surface area contributed by atoms with Crippen LogP contribution in [0.1, 0.15) is 33.6 Å². The highest BCUT2D eigenvalue weighted by Crippen LogP contribution is 2.15. The first-order chi connectivity index (χ1) is 8.81. The maximum absolute atomic E-state index is 11.8. The highest BCUT2D eigenvalue weighted by molar-refractivity contribution is 5.95. The van der Waals surface area contributed by atoms with Gasteiger partial charge in [-0.1, -0.05) is 0 Å². The van der Waals surface area contributed by atoms with E-state index in [2.05, 4.69) is 20.9 Å². The lowest BCUT2D eigenvalue weighted by Crippen LogP contribution is -2.51. The number of rotatable bonds is 4. The number of imide groups is 1. The summed E-state index contributed by atoms with van der Waals surface area (Å²) in [7, 11) is 1.91. The minimum atomic E-state index is -0.429. The van der Waals surface area contributed by atoms with Crippen molar-refractivity contribution in [1.82, 2.24) is 20.9 Å². The lowest BCUT2D eigenvalue weighted by molar-refractivity contribution is -0.121. The smallest absolute Gasteiger partial charge is 0.321 e. The molecule has 1 aliphatic rings. The van der Waals surface area contributed by atoms with Crippen LogP contribution in [-0.4, -0.2) is 55.1 Å². The number of nitrogens with one attached hydrogen (secondary N) is 3. The fourth-order valence-electron chi connectivity index (χ4n) is 2.29. The van der Waals surface area contributed by atoms with Crippen LogP contribution in [0.15, 0.2) is 0 Å². The van der Waals surface area contributed by atoms with Crippen molar-refractivity contribution < 1.29 is 9.59 Å². The molecule has 0 aliphatic carbocycles. The van der Waals surface area contributed by atoms with E-state index in [1.54, 1.807) is 0 Å². The summed E-state index contributed by atoms with van der Waals surface area (Å²) in [5.41, 5.74) is -0.341. The molecule has 6 nitrogen and oxygen atoms in total. The average Bonchev–Trinajstić information content (AvgIpc) is 2.62. The van der Waals surface area contributed by atoms with Gasteiger partial charge in [-0.05, 0) is 47.2 Å². The van der Waals surface area contributed by atoms with Crippen LogP contribution in [0.3, 0.4) is 0 Å². The number of amides is 3. The summed E-state index contributed by atoms with van der Waals surface area (Å²) in [6.45, 7) is 7.70. The molecule has 1 unspecified atom stereocenters. The summed E-state index contributed by atoms with van der Waals surface area (Å²) in [5.74, 6) is -0.246. The molecule has 0 saturated carbocycles. The van der Waals surface area contributed by atoms with Crippen LogP contribution >= 0.6 is 0 Å². The Balaban J connectivity index is 2.36. The molecule has 110 valence electrons. The molecule has 0 radical (unpaired) electrons. The zero-order chi connectivity index (χ0) is 14.5. The molecule has 1 saturated heterocycles. The van der Waals surface area contributed by atoms with Crippen LogP contribution in [0.2, 0.25) is 0 Å². The summed E-state index contributed by atoms with van der Waals surface area (Å²) in [4.78, 5) is 25.5. The summed E-state index contributed by atoms with van der Waals surface area (Å²) in [6, 6.07) is -0.0386. The number of carbonyl (C=O) groups is 2. The minimum absolute atomic E-state index is 0.246. The van der Waals surface area contributed by atoms with E-state index in [-0.39, 0.29) is 18.0 Å². The van der Waals surface area contributed by atoms with E-state index in [0.29, 0.717) is 6.04 Å². The molecule has 1 atom stereocenters. The Morgan fingerprint density at radius 1 is 1.32 bits per heavy atom. The lowest BCUT2D eigenvalue weighted by Gasteiger charge is -2.24. The molecule has 0 bridgehead atoms. The Labute approximate surface area is 115 Å². The van der Waals surface area contributed by atoms with Crippen molar-refractivity contribution in [2.45, 2.75) is 45.2 Å². The predicted octanol–water partition coefficient (Wildman–Crippen LogP) is 0.295. The first-order valence-electron chi connectivity index (χ1n) is 6.82. The zero-order valence-electron chi connectivity index (χ0n) is 12.4. The highest BCUT2D eigenvalue weighted by Gasteiger charge is 2.26. The molecule has 0 aromatic carbocycles. The molecule has 1 fully saturated rings. The van der Waals surface area contributed by atoms with E-state index in [0.717, 1.165) is 25.9 Å². The third-order valence-corrected chi connectivity index (χ3v) is 3.03. The van der Waals surface area contributed by atoms with Crippen LogP contribution < -0.4 is 16.0 Å². The quantitative estimate of drug-likeness (QED) is 0.687. The molecule has 0 aromatic rings. The first-order valence-corrected chi connectivity index (χ1v) is 6.82. The zero-order valence-corrected chi connectivity index (χ0v) is 12.4. The van der Waals surface area contributed by atoms with Gasteiger partial charge in [-0.15, -0.1) is 0 Å². The van der Waals surface area contributed by atoms with Crippen LogP contribution in [0.25, 0.3) is 0 Å². The molecule has 0 spiro atoms. The highest BCUT2D eigenvalue weighted by atomic mass is 16.2. The molecular formula is C13H26N4O2. The van der Waals surface area contributed by atoms with Crippen molar-refractivity contribution in [1.29, 1.82) is 0 Å². The number of nitrogens with zero attached hydrogens (tertiary/aromatic N) is 1. The third kappa shape index (κ3) is 6.02. The van der Waals surface area contributed by atoms with Crippen molar-refractivity contribution in [2.75, 3.05) is 26.7 Å². The van der Waals surface area contributed by atoms with Crippen molar-refractivity contribution in [2.24, 2.45) is 0 Å². The molecule has 0 aromatic heterocycles. The van der Waals surface area contributed by atoms with Gasteiger partial charge in [0.05, 0.1) is 6.54 Å². The molecule has 1 heterocycles. The van der Waals surface area contributed by atoms with Crippen molar-refractivity contribution in [3.05, 3.63) is 0 Å². The van der Waals surface area contributed by atoms with Gasteiger partial charge >= 0.3 is 6.03 Å². The molecule has 6 heteroatoms. The Morgan fingerprint density at radius 2 is 2.00 bits per heavy atom. The molecule has 1 aliphatic heterocycles. The van der Waals surface area contributed by atoms with Crippen LogP contribution in [0, 0.1) is 0 Å². The third-order valence-electron chi connectivity index (χ3n) is 3.03. The first kappa shape index (κ1) is 15.9. The van der Waals surface area contributed by atoms with Gasteiger partial charge in [-0.3, -0.25) is 15.0 Å². The van der Waals surface area contributed by atoms with Gasteiger partial charge in [0.25, 0.3) is 0 Å². The van der Waals surface area contributed by atoms with Gasteiger partial charge in [-0.25, -0.2) is 4.79 Å². The Kier molecular flexibility index (Phi) is 5.75. The number of hydrogen-bond donors (Lipinski definition) is 3. The van der Waals surface area contributed by atoms with E-state index < -0.39 is 6.03 Å². The Morgan fingerprint density at radius 3 is 2.58 bits per heavy atom. The van der Waals surface area contributed by atoms with E-state index >= 15 is 0 Å². The van der Waals surface area contributed by atoms with E-state index in [1.165, 1.54) is 0 Å². The Bertz CT molecular complexity index is 325. The number of carbonyl (C=O) groups excluding carboxylic acids is 2. The fourth-order valence-corrected chi connectivity index (χ4v) is 2.29. The van der Waals surface area contributed by atoms with Crippen molar-refractivity contribution >= 4 is 11.9 Å². The minimum Gasteiger partial charge on any atom is -0.333 e. The molecular weight excluding hydrogens is 244 g/mol. The maximum atomic E-state index is 11.8. The second-order valence-electron chi connectivity index (χ2n) is 6.08. The fraction of sp³-hybridized carbons (Fsp3) is 0.846. The monoisotopic (exact) mass is 270 g/mol. The van der Waals surface area contributed by atoms with Gasteiger partial charge in [0.2, 0.25) is 5.91 Å². The lowest BCUT2D eigenvalue weighted by atomic mass is 10.1. The number of urea groups is 1. The van der Waals surface area contributed by atoms with E-state index in [9.17, 15) is 9.59 Å². The number of likely N-dealkylation sites (N-methyl/N-ethyl adjacent to an activating group) is 1.